The van der Waals surface area contributed by atoms with Crippen LogP contribution in [-0.2, 0) is 10.1 Å². The van der Waals surface area contributed by atoms with Crippen LogP contribution in [0.15, 0.2) is 36.9 Å². The number of benzene rings is 1. The van der Waals surface area contributed by atoms with Gasteiger partial charge in [0.25, 0.3) is 0 Å². The summed E-state index contributed by atoms with van der Waals surface area (Å²) in [5.41, 5.74) is 0.687. The van der Waals surface area contributed by atoms with Crippen LogP contribution >= 0.6 is 0 Å². The molecule has 6 heteroatoms. The molecule has 18 heavy (non-hydrogen) atoms. The minimum Gasteiger partial charge on any atom is -0.387 e. The van der Waals surface area contributed by atoms with Crippen molar-refractivity contribution in [3.05, 3.63) is 42.5 Å². The van der Waals surface area contributed by atoms with Crippen LogP contribution < -0.4 is 9.50 Å². The lowest BCUT2D eigenvalue weighted by Crippen LogP contribution is -2.21. The van der Waals surface area contributed by atoms with Gasteiger partial charge in [0, 0.05) is 13.1 Å². The Kier molecular flexibility index (Phi) is 5.33. The topological polar surface area (TPSA) is 75.6 Å². The molecule has 100 valence electrons. The summed E-state index contributed by atoms with van der Waals surface area (Å²) in [4.78, 5) is 0. The highest BCUT2D eigenvalue weighted by molar-refractivity contribution is 7.86. The number of nitrogens with one attached hydrogen (secondary N) is 1. The van der Waals surface area contributed by atoms with Gasteiger partial charge in [-0.2, -0.15) is 8.42 Å². The predicted octanol–water partition coefficient (Wildman–Crippen LogP) is 0.834. The van der Waals surface area contributed by atoms with Gasteiger partial charge in [0.1, 0.15) is 5.75 Å². The van der Waals surface area contributed by atoms with Crippen molar-refractivity contribution in [3.8, 4) is 5.75 Å². The molecule has 0 radical (unpaired) electrons. The molecule has 5 nitrogen and oxygen atoms in total. The lowest BCUT2D eigenvalue weighted by Gasteiger charge is -2.11. The Bertz CT molecular complexity index is 481. The number of aliphatic hydroxyl groups excluding tert-OH is 1. The molecule has 0 saturated heterocycles. The molecule has 1 aromatic carbocycles. The van der Waals surface area contributed by atoms with E-state index in [0.29, 0.717) is 18.7 Å². The number of aliphatic hydroxyl groups is 1. The zero-order valence-electron chi connectivity index (χ0n) is 10.2. The molecule has 2 N–H and O–H groups in total. The van der Waals surface area contributed by atoms with Gasteiger partial charge in [-0.15, -0.1) is 6.58 Å². The first-order valence-electron chi connectivity index (χ1n) is 5.41. The van der Waals surface area contributed by atoms with Gasteiger partial charge >= 0.3 is 10.1 Å². The molecule has 1 rings (SSSR count). The van der Waals surface area contributed by atoms with Crippen molar-refractivity contribution in [2.24, 2.45) is 0 Å². The molecule has 0 amide bonds. The van der Waals surface area contributed by atoms with Gasteiger partial charge in [-0.3, -0.25) is 0 Å². The third-order valence-corrected chi connectivity index (χ3v) is 2.63. The highest BCUT2D eigenvalue weighted by Gasteiger charge is 2.08. The fraction of sp³-hybridized carbons (Fsp3) is 0.333. The average Bonchev–Trinajstić information content (AvgIpc) is 2.28. The standard InChI is InChI=1S/C12H17NO4S/c1-3-8-13-9-12(14)10-4-6-11(7-5-10)17-18(2,15)16/h3-7,12-14H,1,8-9H2,2H3/t12-/m0/s1. The third-order valence-electron chi connectivity index (χ3n) is 2.14. The fourth-order valence-electron chi connectivity index (χ4n) is 1.36. The molecule has 0 aliphatic rings. The lowest BCUT2D eigenvalue weighted by atomic mass is 10.1. The third kappa shape index (κ3) is 5.31. The van der Waals surface area contributed by atoms with Gasteiger partial charge in [0.2, 0.25) is 0 Å². The summed E-state index contributed by atoms with van der Waals surface area (Å²) in [7, 11) is -3.51. The van der Waals surface area contributed by atoms with E-state index < -0.39 is 16.2 Å². The van der Waals surface area contributed by atoms with Crippen LogP contribution in [0.5, 0.6) is 5.75 Å². The maximum atomic E-state index is 10.9. The second-order valence-electron chi connectivity index (χ2n) is 3.82. The van der Waals surface area contributed by atoms with Crippen LogP contribution in [0, 0.1) is 0 Å². The van der Waals surface area contributed by atoms with E-state index in [1.807, 2.05) is 0 Å². The summed E-state index contributed by atoms with van der Waals surface area (Å²) in [6.45, 7) is 4.58. The van der Waals surface area contributed by atoms with E-state index in [9.17, 15) is 13.5 Å². The smallest absolute Gasteiger partial charge is 0.306 e. The Morgan fingerprint density at radius 3 is 2.56 bits per heavy atom. The molecule has 1 atom stereocenters. The molecule has 0 aliphatic heterocycles. The van der Waals surface area contributed by atoms with Crippen LogP contribution in [0.4, 0.5) is 0 Å². The maximum Gasteiger partial charge on any atom is 0.306 e. The first-order chi connectivity index (χ1) is 8.42. The summed E-state index contributed by atoms with van der Waals surface area (Å²) >= 11 is 0. The minimum absolute atomic E-state index is 0.229. The average molecular weight is 271 g/mol. The first kappa shape index (κ1) is 14.7. The molecular formula is C12H17NO4S. The molecule has 0 aliphatic carbocycles. The van der Waals surface area contributed by atoms with Crippen LogP contribution in [0.2, 0.25) is 0 Å². The Hall–Kier alpha value is -1.37. The zero-order chi connectivity index (χ0) is 13.6. The fourth-order valence-corrected chi connectivity index (χ4v) is 1.82. The van der Waals surface area contributed by atoms with Gasteiger partial charge in [-0.05, 0) is 17.7 Å². The van der Waals surface area contributed by atoms with Crippen molar-refractivity contribution in [1.29, 1.82) is 0 Å². The Labute approximate surface area is 107 Å². The second kappa shape index (κ2) is 6.53. The Morgan fingerprint density at radius 2 is 2.06 bits per heavy atom. The largest absolute Gasteiger partial charge is 0.387 e. The van der Waals surface area contributed by atoms with Crippen molar-refractivity contribution in [2.45, 2.75) is 6.10 Å². The Morgan fingerprint density at radius 1 is 1.44 bits per heavy atom. The van der Waals surface area contributed by atoms with Crippen LogP contribution in [0.3, 0.4) is 0 Å². The highest BCUT2D eigenvalue weighted by atomic mass is 32.2. The number of hydrogen-bond donors (Lipinski definition) is 2. The maximum absolute atomic E-state index is 10.9. The lowest BCUT2D eigenvalue weighted by molar-refractivity contribution is 0.176. The Balaban J connectivity index is 2.61. The van der Waals surface area contributed by atoms with E-state index in [2.05, 4.69) is 11.9 Å². The number of hydrogen-bond acceptors (Lipinski definition) is 5. The molecule has 0 bridgehead atoms. The highest BCUT2D eigenvalue weighted by Crippen LogP contribution is 2.18. The normalized spacial score (nSPS) is 13.0. The van der Waals surface area contributed by atoms with Gasteiger partial charge in [0.15, 0.2) is 0 Å². The summed E-state index contributed by atoms with van der Waals surface area (Å²) < 4.78 is 26.5. The molecule has 0 heterocycles. The van der Waals surface area contributed by atoms with Gasteiger partial charge < -0.3 is 14.6 Å². The van der Waals surface area contributed by atoms with Crippen LogP contribution in [0.1, 0.15) is 11.7 Å². The molecule has 0 saturated carbocycles. The van der Waals surface area contributed by atoms with E-state index in [1.165, 1.54) is 12.1 Å². The van der Waals surface area contributed by atoms with Crippen molar-refractivity contribution >= 4 is 10.1 Å². The van der Waals surface area contributed by atoms with Gasteiger partial charge in [-0.1, -0.05) is 18.2 Å². The second-order valence-corrected chi connectivity index (χ2v) is 5.39. The summed E-state index contributed by atoms with van der Waals surface area (Å²) in [5, 5.41) is 12.8. The molecule has 0 fully saturated rings. The predicted molar refractivity (Wildman–Crippen MR) is 69.9 cm³/mol. The van der Waals surface area contributed by atoms with E-state index in [-0.39, 0.29) is 5.75 Å². The minimum atomic E-state index is -3.51. The van der Waals surface area contributed by atoms with Gasteiger partial charge in [-0.25, -0.2) is 0 Å². The van der Waals surface area contributed by atoms with Crippen LogP contribution in [-0.4, -0.2) is 32.9 Å². The van der Waals surface area contributed by atoms with E-state index in [1.54, 1.807) is 18.2 Å². The molecule has 0 unspecified atom stereocenters. The van der Waals surface area contributed by atoms with E-state index >= 15 is 0 Å². The molecule has 1 aromatic rings. The number of rotatable bonds is 7. The van der Waals surface area contributed by atoms with Crippen molar-refractivity contribution in [3.63, 3.8) is 0 Å². The summed E-state index contributed by atoms with van der Waals surface area (Å²) in [6.07, 6.45) is 2.03. The first-order valence-corrected chi connectivity index (χ1v) is 7.23. The summed E-state index contributed by atoms with van der Waals surface area (Å²) in [5.74, 6) is 0.229. The van der Waals surface area contributed by atoms with Crippen LogP contribution in [0.25, 0.3) is 0 Å². The molecule has 0 aromatic heterocycles. The van der Waals surface area contributed by atoms with Crippen molar-refractivity contribution in [2.75, 3.05) is 19.3 Å². The van der Waals surface area contributed by atoms with Gasteiger partial charge in [0.05, 0.1) is 12.4 Å². The van der Waals surface area contributed by atoms with E-state index in [0.717, 1.165) is 6.26 Å². The summed E-state index contributed by atoms with van der Waals surface area (Å²) in [6, 6.07) is 6.27. The quantitative estimate of drug-likeness (QED) is 0.436. The van der Waals surface area contributed by atoms with Crippen molar-refractivity contribution < 1.29 is 17.7 Å². The van der Waals surface area contributed by atoms with Crippen molar-refractivity contribution in [1.82, 2.24) is 5.32 Å². The monoisotopic (exact) mass is 271 g/mol. The molecule has 0 spiro atoms. The van der Waals surface area contributed by atoms with E-state index in [4.69, 9.17) is 4.18 Å². The zero-order valence-corrected chi connectivity index (χ0v) is 11.0. The molecular weight excluding hydrogens is 254 g/mol. The SMILES string of the molecule is C=CCNC[C@H](O)c1ccc(OS(C)(=O)=O)cc1.